The highest BCUT2D eigenvalue weighted by Crippen LogP contribution is 2.30. The summed E-state index contributed by atoms with van der Waals surface area (Å²) in [6, 6.07) is 26.5. The average Bonchev–Trinajstić information content (AvgIpc) is 3.72. The molecule has 0 saturated carbocycles. The fraction of sp³-hybridized carbons (Fsp3) is 0.389. The molecule has 374 valence electrons. The molecule has 18 heteroatoms. The molecule has 72 heavy (non-hydrogen) atoms. The highest BCUT2D eigenvalue weighted by Gasteiger charge is 2.37. The van der Waals surface area contributed by atoms with Crippen molar-refractivity contribution in [2.45, 2.75) is 46.3 Å². The Morgan fingerprint density at radius 1 is 0.736 bits per heavy atom. The molecule has 0 saturated heterocycles. The number of likely N-dealkylation sites (N-methyl/N-ethyl adjacent to an activating group) is 1. The normalized spacial score (nSPS) is 13.2. The van der Waals surface area contributed by atoms with Crippen molar-refractivity contribution < 1.29 is 31.5 Å². The molecule has 3 aromatic carbocycles. The van der Waals surface area contributed by atoms with Gasteiger partial charge >= 0.3 is 6.03 Å². The minimum absolute atomic E-state index is 0.0293. The van der Waals surface area contributed by atoms with Gasteiger partial charge in [0.15, 0.2) is 30.5 Å². The first kappa shape index (κ1) is 58.7. The molecule has 0 atom stereocenters. The van der Waals surface area contributed by atoms with E-state index in [2.05, 4.69) is 101 Å². The smallest absolute Gasteiger partial charge is 0.319 e. The lowest BCUT2D eigenvalue weighted by Gasteiger charge is -2.30. The Bertz CT molecular complexity index is 2960. The zero-order valence-electron chi connectivity index (χ0n) is 42.5. The highest BCUT2D eigenvalue weighted by molar-refractivity contribution is 7.96. The van der Waals surface area contributed by atoms with Crippen molar-refractivity contribution in [2.24, 2.45) is 10.8 Å². The average molecular weight is 1010 g/mol. The van der Waals surface area contributed by atoms with E-state index in [0.29, 0.717) is 52.7 Å². The molecule has 0 fully saturated rings. The summed E-state index contributed by atoms with van der Waals surface area (Å²) in [6.07, 6.45) is 3.05. The number of hydrogen-bond acceptors (Lipinski definition) is 10. The lowest BCUT2D eigenvalue weighted by molar-refractivity contribution is -0.890. The quantitative estimate of drug-likeness (QED) is 0.0438. The van der Waals surface area contributed by atoms with Crippen LogP contribution in [0, 0.1) is 92.2 Å². The van der Waals surface area contributed by atoms with Crippen LogP contribution >= 0.6 is 0 Å². The zero-order chi connectivity index (χ0) is 53.4. The van der Waals surface area contributed by atoms with E-state index in [1.807, 2.05) is 71.8 Å². The summed E-state index contributed by atoms with van der Waals surface area (Å²) in [4.78, 5) is 23.6. The van der Waals surface area contributed by atoms with Crippen LogP contribution in [0.1, 0.15) is 62.9 Å². The number of rotatable bonds is 15. The number of quaternary nitrogens is 2. The summed E-state index contributed by atoms with van der Waals surface area (Å²) in [5.41, 5.74) is 5.64. The number of hydrogen-bond donors (Lipinski definition) is 3. The van der Waals surface area contributed by atoms with E-state index >= 15 is 0 Å². The predicted molar refractivity (Wildman–Crippen MR) is 282 cm³/mol. The molecule has 1 aliphatic rings. The molecule has 0 aliphatic carbocycles. The number of nitrogens with zero attached hydrogens (tertiary/aromatic N) is 8. The maximum atomic E-state index is 11.9. The fourth-order valence-corrected chi connectivity index (χ4v) is 10.4. The molecule has 16 nitrogen and oxygen atoms in total. The van der Waals surface area contributed by atoms with Crippen LogP contribution in [0.15, 0.2) is 79.0 Å². The number of benzene rings is 3. The molecule has 2 heterocycles. The summed E-state index contributed by atoms with van der Waals surface area (Å²) in [5.74, 6) is 24.8. The van der Waals surface area contributed by atoms with Gasteiger partial charge in [0, 0.05) is 71.0 Å². The van der Waals surface area contributed by atoms with Crippen molar-refractivity contribution in [3.8, 4) is 71.3 Å². The molecule has 3 N–H and O–H groups in total. The Balaban J connectivity index is 0.000000292. The van der Waals surface area contributed by atoms with Gasteiger partial charge in [-0.05, 0) is 111 Å². The van der Waals surface area contributed by atoms with Crippen molar-refractivity contribution >= 4 is 44.3 Å². The van der Waals surface area contributed by atoms with Crippen LogP contribution in [0.25, 0.3) is 5.69 Å². The van der Waals surface area contributed by atoms with Gasteiger partial charge in [0.25, 0.3) is 5.91 Å². The molecular weight excluding hydrogens is 947 g/mol. The fourth-order valence-electron chi connectivity index (χ4n) is 6.85. The number of nitrogens with one attached hydrogen (secondary N) is 3. The van der Waals surface area contributed by atoms with Gasteiger partial charge < -0.3 is 29.5 Å². The van der Waals surface area contributed by atoms with Crippen LogP contribution in [0.4, 0.5) is 16.2 Å². The second-order valence-corrected chi connectivity index (χ2v) is 23.3. The first-order valence-electron chi connectivity index (χ1n) is 22.8. The van der Waals surface area contributed by atoms with Gasteiger partial charge in [-0.25, -0.2) is 17.9 Å². The van der Waals surface area contributed by atoms with E-state index in [0.717, 1.165) is 52.0 Å². The van der Waals surface area contributed by atoms with E-state index in [1.165, 1.54) is 0 Å². The van der Waals surface area contributed by atoms with E-state index in [1.54, 1.807) is 65.4 Å². The summed E-state index contributed by atoms with van der Waals surface area (Å²) in [6.45, 7) is 11.1. The minimum atomic E-state index is -4.17. The molecule has 5 rings (SSSR count). The third kappa shape index (κ3) is 24.8. The van der Waals surface area contributed by atoms with Crippen LogP contribution in [0.2, 0.25) is 0 Å². The molecule has 0 spiro atoms. The van der Waals surface area contributed by atoms with Crippen LogP contribution < -0.4 is 16.0 Å². The van der Waals surface area contributed by atoms with Crippen molar-refractivity contribution in [2.75, 3.05) is 89.3 Å². The van der Waals surface area contributed by atoms with Gasteiger partial charge in [-0.2, -0.15) is 15.8 Å². The molecule has 1 aromatic heterocycles. The lowest BCUT2D eigenvalue weighted by atomic mass is 9.92. The monoisotopic (exact) mass is 1010 g/mol. The van der Waals surface area contributed by atoms with Crippen molar-refractivity contribution in [1.29, 1.82) is 15.8 Å². The molecule has 0 bridgehead atoms. The number of urea groups is 1. The Labute approximate surface area is 429 Å². The van der Waals surface area contributed by atoms with Crippen molar-refractivity contribution in [3.05, 3.63) is 101 Å². The van der Waals surface area contributed by atoms with Gasteiger partial charge in [-0.3, -0.25) is 4.79 Å². The summed E-state index contributed by atoms with van der Waals surface area (Å²) < 4.78 is 34.8. The number of nitriles is 3. The van der Waals surface area contributed by atoms with E-state index in [9.17, 15) is 22.6 Å². The van der Waals surface area contributed by atoms with Gasteiger partial charge in [0.2, 0.25) is 0 Å². The number of carbonyl (C=O) groups is 2. The van der Waals surface area contributed by atoms with Gasteiger partial charge in [0.1, 0.15) is 17.2 Å². The maximum Gasteiger partial charge on any atom is 0.319 e. The lowest BCUT2D eigenvalue weighted by Crippen LogP contribution is -2.43. The largest absolute Gasteiger partial charge is 0.748 e. The van der Waals surface area contributed by atoms with Gasteiger partial charge in [0.05, 0.1) is 81.2 Å². The van der Waals surface area contributed by atoms with E-state index in [-0.39, 0.29) is 39.4 Å². The Hall–Kier alpha value is -7.57. The maximum absolute atomic E-state index is 11.9. The predicted octanol–water partition coefficient (Wildman–Crippen LogP) is 5.62. The Morgan fingerprint density at radius 3 is 1.65 bits per heavy atom. The minimum Gasteiger partial charge on any atom is -0.748 e. The number of anilines is 2. The molecule has 0 unspecified atom stereocenters. The summed E-state index contributed by atoms with van der Waals surface area (Å²) in [7, 11) is 5.82. The zero-order valence-corrected chi connectivity index (χ0v) is 44.1. The summed E-state index contributed by atoms with van der Waals surface area (Å²) >= 11 is 0. The second-order valence-electron chi connectivity index (χ2n) is 19.7. The number of carbonyl (C=O) groups excluding carboxylic acids is 2. The van der Waals surface area contributed by atoms with Crippen LogP contribution in [0.5, 0.6) is 0 Å². The van der Waals surface area contributed by atoms with Crippen LogP contribution in [-0.2, 0) is 31.6 Å². The molecule has 4 aromatic rings. The molecule has 3 amide bonds. The number of amides is 3. The molecular formula is C54H63N11O5S2+2. The topological polar surface area (TPSA) is 230 Å². The molecule has 0 radical (unpaired) electrons. The number of aromatic nitrogens is 3. The standard InChI is InChI=1S/C22H23N4S.C18H24N4O4S.C14H15N3O/c1-21(2)11-12-22(3,4)17-27(16-21)15-19-14-26(25-24-19)20-9-7-18(8-10-20)6-5-13-23;1-22(2,14-5-15-27(24,25)26)13-4-12-20-18(23)21-17-9-7-16(8-10-17)6-3-11-19;1-17(2,3)11-14(18)16-13-8-6-12(7-9-13)5-4-10-15/h7-10,14H,15-17H2,1-4H3;7-10H,4-5,12-15H2,1-2H3,(H2-,20,21,23,24,25,26);6-9H,11H2,1-3H3/q+1;;/p+1. The summed E-state index contributed by atoms with van der Waals surface area (Å²) in [5, 5.41) is 42.2. The Kier molecular flexibility index (Phi) is 22.6. The first-order chi connectivity index (χ1) is 33.8. The molecule has 1 aliphatic heterocycles. The second kappa shape index (κ2) is 27.7. The highest BCUT2D eigenvalue weighted by atomic mass is 32.2. The SMILES string of the molecule is CC1(C)C#CC(C)(C)C[S+](Cc2cn(-c3ccc(C#CC#N)cc3)nn2)C1.C[N+](C)(C)CC(=O)Nc1ccc(C#CC#N)cc1.C[N+](C)(CCCNC(=O)Nc1ccc(C#CC#N)cc1)CCCS(=O)(=O)[O-]. The van der Waals surface area contributed by atoms with E-state index < -0.39 is 10.1 Å². The van der Waals surface area contributed by atoms with Gasteiger partial charge in [-0.15, -0.1) is 5.10 Å². The third-order valence-corrected chi connectivity index (χ3v) is 13.7. The van der Waals surface area contributed by atoms with E-state index in [4.69, 9.17) is 15.8 Å². The van der Waals surface area contributed by atoms with Gasteiger partial charge in [-0.1, -0.05) is 34.8 Å². The Morgan fingerprint density at radius 2 is 1.19 bits per heavy atom. The van der Waals surface area contributed by atoms with Crippen LogP contribution in [0.3, 0.4) is 0 Å². The van der Waals surface area contributed by atoms with Crippen molar-refractivity contribution in [3.63, 3.8) is 0 Å². The third-order valence-electron chi connectivity index (χ3n) is 10.00. The first-order valence-corrected chi connectivity index (χ1v) is 26.1. The van der Waals surface area contributed by atoms with Crippen molar-refractivity contribution in [1.82, 2.24) is 20.3 Å². The van der Waals surface area contributed by atoms with Crippen LogP contribution in [-0.4, -0.2) is 128 Å².